The number of carbonyl (C=O) groups excluding carboxylic acids is 2. The van der Waals surface area contributed by atoms with Crippen LogP contribution in [0.4, 0.5) is 0 Å². The number of thiazole rings is 1. The molecule has 0 saturated heterocycles. The summed E-state index contributed by atoms with van der Waals surface area (Å²) in [4.78, 5) is 27.8. The Morgan fingerprint density at radius 3 is 2.64 bits per heavy atom. The number of ketones is 1. The Balaban J connectivity index is 1.67. The first-order valence-corrected chi connectivity index (χ1v) is 11.6. The molecule has 6 heteroatoms. The van der Waals surface area contributed by atoms with Crippen molar-refractivity contribution in [1.29, 1.82) is 0 Å². The van der Waals surface area contributed by atoms with Crippen molar-refractivity contribution in [2.24, 2.45) is 11.8 Å². The van der Waals surface area contributed by atoms with Crippen LogP contribution in [0.2, 0.25) is 0 Å². The molecule has 0 aromatic carbocycles. The van der Waals surface area contributed by atoms with Gasteiger partial charge >= 0.3 is 5.97 Å². The highest BCUT2D eigenvalue weighted by Crippen LogP contribution is 2.34. The van der Waals surface area contributed by atoms with Crippen LogP contribution in [0.3, 0.4) is 0 Å². The van der Waals surface area contributed by atoms with Gasteiger partial charge in [-0.1, -0.05) is 58.8 Å². The first kappa shape index (κ1) is 23.0. The van der Waals surface area contributed by atoms with E-state index in [0.717, 1.165) is 23.7 Å². The molecule has 1 aromatic heterocycles. The van der Waals surface area contributed by atoms with E-state index < -0.39 is 5.97 Å². The summed E-state index contributed by atoms with van der Waals surface area (Å²) in [7, 11) is 1.30. The predicted molar refractivity (Wildman–Crippen MR) is 112 cm³/mol. The highest BCUT2D eigenvalue weighted by atomic mass is 32.1. The number of carbonyl (C=O) groups is 2. The molecule has 3 unspecified atom stereocenters. The second-order valence-electron chi connectivity index (χ2n) is 8.01. The van der Waals surface area contributed by atoms with Gasteiger partial charge in [0.1, 0.15) is 6.61 Å². The summed E-state index contributed by atoms with van der Waals surface area (Å²) in [6, 6.07) is 0. The standard InChI is InChI=1S/C22H35NO4S/c1-4-5-6-7-8-9-10-17-11-12-20(16(2)13-17)27-14-19(24)21-23-18(15-28-21)22(25)26-3/h15-17,20H,4-14H2,1-3H3. The number of nitrogens with zero attached hydrogens (tertiary/aromatic N) is 1. The van der Waals surface area contributed by atoms with Gasteiger partial charge in [-0.25, -0.2) is 9.78 Å². The number of hydrogen-bond donors (Lipinski definition) is 0. The molecule has 1 aromatic rings. The maximum absolute atomic E-state index is 12.3. The number of esters is 1. The minimum absolute atomic E-state index is 0.0330. The number of methoxy groups -OCH3 is 1. The number of Topliss-reactive ketones (excluding diaryl/α,β-unsaturated/α-hetero) is 1. The van der Waals surface area contributed by atoms with Crippen LogP contribution >= 0.6 is 11.3 Å². The molecule has 5 nitrogen and oxygen atoms in total. The maximum atomic E-state index is 12.3. The molecule has 0 radical (unpaired) electrons. The van der Waals surface area contributed by atoms with E-state index in [1.54, 1.807) is 5.38 Å². The zero-order valence-electron chi connectivity index (χ0n) is 17.6. The monoisotopic (exact) mass is 409 g/mol. The minimum atomic E-state index is -0.520. The molecular formula is C22H35NO4S. The molecule has 0 bridgehead atoms. The lowest BCUT2D eigenvalue weighted by Gasteiger charge is -2.34. The number of hydrogen-bond acceptors (Lipinski definition) is 6. The van der Waals surface area contributed by atoms with Crippen LogP contribution in [0.25, 0.3) is 0 Å². The van der Waals surface area contributed by atoms with E-state index in [2.05, 4.69) is 23.6 Å². The van der Waals surface area contributed by atoms with Gasteiger partial charge in [0.15, 0.2) is 10.7 Å². The normalized spacial score (nSPS) is 22.2. The van der Waals surface area contributed by atoms with Crippen molar-refractivity contribution in [2.75, 3.05) is 13.7 Å². The zero-order chi connectivity index (χ0) is 20.4. The fourth-order valence-electron chi connectivity index (χ4n) is 4.05. The van der Waals surface area contributed by atoms with Gasteiger partial charge < -0.3 is 9.47 Å². The Bertz CT molecular complexity index is 615. The average Bonchev–Trinajstić information content (AvgIpc) is 3.19. The smallest absolute Gasteiger partial charge is 0.357 e. The van der Waals surface area contributed by atoms with Crippen LogP contribution in [0.5, 0.6) is 0 Å². The molecule has 28 heavy (non-hydrogen) atoms. The number of aromatic nitrogens is 1. The van der Waals surface area contributed by atoms with Gasteiger partial charge in [0.05, 0.1) is 13.2 Å². The van der Waals surface area contributed by atoms with Crippen molar-refractivity contribution in [3.8, 4) is 0 Å². The van der Waals surface area contributed by atoms with Crippen molar-refractivity contribution in [3.63, 3.8) is 0 Å². The summed E-state index contributed by atoms with van der Waals surface area (Å²) in [5, 5.41) is 1.86. The summed E-state index contributed by atoms with van der Waals surface area (Å²) in [5.41, 5.74) is 0.180. The van der Waals surface area contributed by atoms with Gasteiger partial charge in [0, 0.05) is 5.38 Å². The van der Waals surface area contributed by atoms with Crippen LogP contribution in [0, 0.1) is 11.8 Å². The van der Waals surface area contributed by atoms with Crippen molar-refractivity contribution in [3.05, 3.63) is 16.1 Å². The largest absolute Gasteiger partial charge is 0.464 e. The highest BCUT2D eigenvalue weighted by Gasteiger charge is 2.28. The molecule has 1 aliphatic carbocycles. The maximum Gasteiger partial charge on any atom is 0.357 e. The van der Waals surface area contributed by atoms with Gasteiger partial charge in [0.2, 0.25) is 5.78 Å². The molecule has 1 heterocycles. The molecule has 3 atom stereocenters. The molecule has 0 aliphatic heterocycles. The lowest BCUT2D eigenvalue weighted by atomic mass is 9.78. The summed E-state index contributed by atoms with van der Waals surface area (Å²) in [6.45, 7) is 4.53. The van der Waals surface area contributed by atoms with Gasteiger partial charge in [-0.2, -0.15) is 0 Å². The first-order chi connectivity index (χ1) is 13.5. The molecule has 1 aliphatic rings. The van der Waals surface area contributed by atoms with E-state index in [1.165, 1.54) is 64.9 Å². The Morgan fingerprint density at radius 1 is 1.18 bits per heavy atom. The van der Waals surface area contributed by atoms with Crippen LogP contribution in [0.15, 0.2) is 5.38 Å². The molecule has 158 valence electrons. The number of unbranched alkanes of at least 4 members (excludes halogenated alkanes) is 5. The second kappa shape index (κ2) is 12.3. The van der Waals surface area contributed by atoms with E-state index in [-0.39, 0.29) is 24.2 Å². The lowest BCUT2D eigenvalue weighted by Crippen LogP contribution is -2.31. The second-order valence-corrected chi connectivity index (χ2v) is 8.87. The van der Waals surface area contributed by atoms with E-state index >= 15 is 0 Å². The van der Waals surface area contributed by atoms with E-state index in [4.69, 9.17) is 4.74 Å². The molecule has 0 amide bonds. The van der Waals surface area contributed by atoms with E-state index in [1.807, 2.05) is 0 Å². The van der Waals surface area contributed by atoms with Crippen molar-refractivity contribution < 1.29 is 19.1 Å². The van der Waals surface area contributed by atoms with Crippen LogP contribution in [0.1, 0.15) is 98.3 Å². The Labute approximate surface area is 173 Å². The van der Waals surface area contributed by atoms with E-state index in [9.17, 15) is 9.59 Å². The first-order valence-electron chi connectivity index (χ1n) is 10.7. The van der Waals surface area contributed by atoms with Crippen molar-refractivity contribution >= 4 is 23.1 Å². The van der Waals surface area contributed by atoms with Crippen LogP contribution in [-0.4, -0.2) is 36.6 Å². The molecule has 0 spiro atoms. The Hall–Kier alpha value is -1.27. The minimum Gasteiger partial charge on any atom is -0.464 e. The molecule has 1 fully saturated rings. The topological polar surface area (TPSA) is 65.5 Å². The van der Waals surface area contributed by atoms with Gasteiger partial charge in [-0.05, 0) is 31.1 Å². The SMILES string of the molecule is CCCCCCCCC1CCC(OCC(=O)c2nc(C(=O)OC)cs2)C(C)C1. The fourth-order valence-corrected chi connectivity index (χ4v) is 4.76. The average molecular weight is 410 g/mol. The molecule has 2 rings (SSSR count). The van der Waals surface area contributed by atoms with Gasteiger partial charge in [-0.3, -0.25) is 4.79 Å². The van der Waals surface area contributed by atoms with Crippen molar-refractivity contribution in [2.45, 2.75) is 84.2 Å². The van der Waals surface area contributed by atoms with Gasteiger partial charge in [-0.15, -0.1) is 11.3 Å². The third-order valence-corrected chi connectivity index (χ3v) is 6.61. The third kappa shape index (κ3) is 7.28. The summed E-state index contributed by atoms with van der Waals surface area (Å²) in [6.07, 6.45) is 13.0. The Morgan fingerprint density at radius 2 is 1.93 bits per heavy atom. The lowest BCUT2D eigenvalue weighted by molar-refractivity contribution is -0.0115. The van der Waals surface area contributed by atoms with Crippen LogP contribution < -0.4 is 0 Å². The predicted octanol–water partition coefficient (Wildman–Crippen LogP) is 5.68. The molecule has 1 saturated carbocycles. The van der Waals surface area contributed by atoms with E-state index in [0.29, 0.717) is 10.9 Å². The molecule has 0 N–H and O–H groups in total. The third-order valence-electron chi connectivity index (χ3n) is 5.73. The van der Waals surface area contributed by atoms with Crippen LogP contribution in [-0.2, 0) is 9.47 Å². The number of ether oxygens (including phenoxy) is 2. The summed E-state index contributed by atoms with van der Waals surface area (Å²) >= 11 is 1.16. The summed E-state index contributed by atoms with van der Waals surface area (Å²) < 4.78 is 10.6. The zero-order valence-corrected chi connectivity index (χ0v) is 18.4. The quantitative estimate of drug-likeness (QED) is 0.252. The fraction of sp³-hybridized carbons (Fsp3) is 0.773. The molecular weight excluding hydrogens is 374 g/mol. The van der Waals surface area contributed by atoms with Crippen molar-refractivity contribution in [1.82, 2.24) is 4.98 Å². The summed E-state index contributed by atoms with van der Waals surface area (Å²) in [5.74, 6) is 0.599. The number of rotatable bonds is 12. The van der Waals surface area contributed by atoms with Gasteiger partial charge in [0.25, 0.3) is 0 Å². The Kier molecular flexibility index (Phi) is 10.1. The highest BCUT2D eigenvalue weighted by molar-refractivity contribution is 7.12.